The van der Waals surface area contributed by atoms with Crippen LogP contribution >= 0.6 is 0 Å². The normalized spacial score (nSPS) is 9.75. The summed E-state index contributed by atoms with van der Waals surface area (Å²) < 4.78 is 18.9. The highest BCUT2D eigenvalue weighted by atomic mass is 19.1. The first-order valence-corrected chi connectivity index (χ1v) is 6.44. The molecule has 0 saturated carbocycles. The molecule has 2 N–H and O–H groups in total. The molecule has 1 rings (SSSR count). The van der Waals surface area contributed by atoms with Gasteiger partial charge in [-0.15, -0.1) is 0 Å². The molecule has 20 heavy (non-hydrogen) atoms. The molecule has 0 heterocycles. The fraction of sp³-hybridized carbons (Fsp3) is 0.400. The van der Waals surface area contributed by atoms with Gasteiger partial charge >= 0.3 is 0 Å². The lowest BCUT2D eigenvalue weighted by Crippen LogP contribution is -2.28. The Kier molecular flexibility index (Phi) is 7.33. The van der Waals surface area contributed by atoms with E-state index in [2.05, 4.69) is 17.2 Å². The summed E-state index contributed by atoms with van der Waals surface area (Å²) in [4.78, 5) is 11.7. The number of ether oxygens (including phenoxy) is 1. The van der Waals surface area contributed by atoms with Crippen molar-refractivity contribution in [3.05, 3.63) is 35.1 Å². The fourth-order valence-corrected chi connectivity index (χ4v) is 1.47. The second-order valence-electron chi connectivity index (χ2n) is 3.92. The van der Waals surface area contributed by atoms with Crippen LogP contribution in [-0.4, -0.2) is 37.4 Å². The Balaban J connectivity index is 2.63. The van der Waals surface area contributed by atoms with Crippen LogP contribution in [0, 0.1) is 17.7 Å². The van der Waals surface area contributed by atoms with Crippen LogP contribution in [0.1, 0.15) is 29.3 Å². The SMILES string of the molecule is CCOCCNC(=O)c1ccc(C#CCCO)cc1F. The number of benzene rings is 1. The molecule has 1 aromatic carbocycles. The van der Waals surface area contributed by atoms with Crippen LogP contribution in [0.4, 0.5) is 4.39 Å². The highest BCUT2D eigenvalue weighted by Gasteiger charge is 2.11. The Hall–Kier alpha value is -1.90. The first-order chi connectivity index (χ1) is 9.69. The molecule has 4 nitrogen and oxygen atoms in total. The van der Waals surface area contributed by atoms with E-state index in [1.165, 1.54) is 12.1 Å². The second kappa shape index (κ2) is 9.08. The van der Waals surface area contributed by atoms with Crippen LogP contribution < -0.4 is 5.32 Å². The Bertz CT molecular complexity index is 506. The van der Waals surface area contributed by atoms with Crippen LogP contribution in [0.2, 0.25) is 0 Å². The molecular formula is C15H18FNO3. The molecule has 5 heteroatoms. The molecule has 1 amide bonds. The van der Waals surface area contributed by atoms with Crippen LogP contribution in [0.5, 0.6) is 0 Å². The number of carbonyl (C=O) groups is 1. The van der Waals surface area contributed by atoms with Crippen molar-refractivity contribution in [2.45, 2.75) is 13.3 Å². The smallest absolute Gasteiger partial charge is 0.254 e. The van der Waals surface area contributed by atoms with E-state index < -0.39 is 11.7 Å². The molecule has 0 atom stereocenters. The molecule has 0 radical (unpaired) electrons. The van der Waals surface area contributed by atoms with Gasteiger partial charge in [-0.25, -0.2) is 4.39 Å². The van der Waals surface area contributed by atoms with E-state index in [1.807, 2.05) is 6.92 Å². The van der Waals surface area contributed by atoms with Gasteiger partial charge in [0.2, 0.25) is 0 Å². The standard InChI is InChI=1S/C15H18FNO3/c1-2-20-10-8-17-15(19)13-7-6-12(11-14(13)16)5-3-4-9-18/h6-7,11,18H,2,4,8-10H2,1H3,(H,17,19). The maximum Gasteiger partial charge on any atom is 0.254 e. The lowest BCUT2D eigenvalue weighted by Gasteiger charge is -2.06. The van der Waals surface area contributed by atoms with Crippen LogP contribution in [0.25, 0.3) is 0 Å². The van der Waals surface area contributed by atoms with E-state index in [4.69, 9.17) is 9.84 Å². The van der Waals surface area contributed by atoms with Gasteiger partial charge in [0.25, 0.3) is 5.91 Å². The largest absolute Gasteiger partial charge is 0.395 e. The predicted octanol–water partition coefficient (Wildman–Crippen LogP) is 1.33. The minimum Gasteiger partial charge on any atom is -0.395 e. The van der Waals surface area contributed by atoms with E-state index >= 15 is 0 Å². The van der Waals surface area contributed by atoms with Crippen molar-refractivity contribution in [2.75, 3.05) is 26.4 Å². The molecule has 1 aromatic rings. The van der Waals surface area contributed by atoms with Gasteiger partial charge in [0, 0.05) is 25.1 Å². The molecule has 0 aromatic heterocycles. The van der Waals surface area contributed by atoms with E-state index in [1.54, 1.807) is 6.07 Å². The number of carbonyl (C=O) groups excluding carboxylic acids is 1. The zero-order valence-electron chi connectivity index (χ0n) is 11.4. The van der Waals surface area contributed by atoms with Gasteiger partial charge < -0.3 is 15.2 Å². The number of nitrogens with one attached hydrogen (secondary N) is 1. The third-order valence-corrected chi connectivity index (χ3v) is 2.42. The Morgan fingerprint density at radius 2 is 2.30 bits per heavy atom. The number of rotatable bonds is 6. The number of hydrogen-bond acceptors (Lipinski definition) is 3. The van der Waals surface area contributed by atoms with Crippen molar-refractivity contribution in [3.8, 4) is 11.8 Å². The van der Waals surface area contributed by atoms with Crippen molar-refractivity contribution in [3.63, 3.8) is 0 Å². The van der Waals surface area contributed by atoms with Crippen molar-refractivity contribution in [1.82, 2.24) is 5.32 Å². The van der Waals surface area contributed by atoms with Gasteiger partial charge in [-0.3, -0.25) is 4.79 Å². The van der Waals surface area contributed by atoms with Crippen LogP contribution in [0.3, 0.4) is 0 Å². The summed E-state index contributed by atoms with van der Waals surface area (Å²) in [5, 5.41) is 11.2. The molecule has 0 saturated heterocycles. The molecule has 0 unspecified atom stereocenters. The van der Waals surface area contributed by atoms with E-state index in [0.29, 0.717) is 31.7 Å². The van der Waals surface area contributed by atoms with E-state index in [-0.39, 0.29) is 12.2 Å². The van der Waals surface area contributed by atoms with Gasteiger partial charge in [-0.2, -0.15) is 0 Å². The summed E-state index contributed by atoms with van der Waals surface area (Å²) in [6.45, 7) is 3.14. The Morgan fingerprint density at radius 3 is 2.95 bits per heavy atom. The van der Waals surface area contributed by atoms with E-state index in [0.717, 1.165) is 0 Å². The summed E-state index contributed by atoms with van der Waals surface area (Å²) in [5.74, 6) is 4.31. The quantitative estimate of drug-likeness (QED) is 0.610. The third-order valence-electron chi connectivity index (χ3n) is 2.42. The average Bonchev–Trinajstić information content (AvgIpc) is 2.44. The van der Waals surface area contributed by atoms with Crippen molar-refractivity contribution in [2.24, 2.45) is 0 Å². The molecular weight excluding hydrogens is 261 g/mol. The van der Waals surface area contributed by atoms with Crippen LogP contribution in [-0.2, 0) is 4.74 Å². The first-order valence-electron chi connectivity index (χ1n) is 6.44. The second-order valence-corrected chi connectivity index (χ2v) is 3.92. The van der Waals surface area contributed by atoms with Crippen molar-refractivity contribution < 1.29 is 19.0 Å². The van der Waals surface area contributed by atoms with Gasteiger partial charge in [0.1, 0.15) is 5.82 Å². The summed E-state index contributed by atoms with van der Waals surface area (Å²) in [6, 6.07) is 4.18. The monoisotopic (exact) mass is 279 g/mol. The number of hydrogen-bond donors (Lipinski definition) is 2. The minimum absolute atomic E-state index is 0.0193. The maximum absolute atomic E-state index is 13.8. The predicted molar refractivity (Wildman–Crippen MR) is 73.8 cm³/mol. The molecule has 0 aliphatic rings. The summed E-state index contributed by atoms with van der Waals surface area (Å²) in [7, 11) is 0. The maximum atomic E-state index is 13.8. The number of halogens is 1. The average molecular weight is 279 g/mol. The number of aliphatic hydroxyl groups is 1. The van der Waals surface area contributed by atoms with Crippen molar-refractivity contribution in [1.29, 1.82) is 0 Å². The van der Waals surface area contributed by atoms with Gasteiger partial charge in [0.05, 0.1) is 18.8 Å². The molecule has 0 spiro atoms. The van der Waals surface area contributed by atoms with Crippen LogP contribution in [0.15, 0.2) is 18.2 Å². The molecule has 108 valence electrons. The van der Waals surface area contributed by atoms with Gasteiger partial charge in [0.15, 0.2) is 0 Å². The highest BCUT2D eigenvalue weighted by molar-refractivity contribution is 5.94. The zero-order valence-corrected chi connectivity index (χ0v) is 11.4. The first kappa shape index (κ1) is 16.2. The molecule has 0 aliphatic carbocycles. The van der Waals surface area contributed by atoms with Gasteiger partial charge in [-0.05, 0) is 25.1 Å². The molecule has 0 aliphatic heterocycles. The minimum atomic E-state index is -0.616. The summed E-state index contributed by atoms with van der Waals surface area (Å²) in [6.07, 6.45) is 0.335. The molecule has 0 bridgehead atoms. The lowest BCUT2D eigenvalue weighted by atomic mass is 10.1. The van der Waals surface area contributed by atoms with E-state index in [9.17, 15) is 9.18 Å². The van der Waals surface area contributed by atoms with Crippen molar-refractivity contribution >= 4 is 5.91 Å². The Labute approximate surface area is 117 Å². The van der Waals surface area contributed by atoms with Gasteiger partial charge in [-0.1, -0.05) is 11.8 Å². The third kappa shape index (κ3) is 5.39. The lowest BCUT2D eigenvalue weighted by molar-refractivity contribution is 0.0918. The Morgan fingerprint density at radius 1 is 1.50 bits per heavy atom. The number of amides is 1. The summed E-state index contributed by atoms with van der Waals surface area (Å²) >= 11 is 0. The highest BCUT2D eigenvalue weighted by Crippen LogP contribution is 2.09. The topological polar surface area (TPSA) is 58.6 Å². The molecule has 0 fully saturated rings. The fourth-order valence-electron chi connectivity index (χ4n) is 1.47. The zero-order chi connectivity index (χ0) is 14.8. The number of aliphatic hydroxyl groups excluding tert-OH is 1. The summed E-state index contributed by atoms with van der Waals surface area (Å²) in [5.41, 5.74) is 0.455.